The minimum absolute atomic E-state index is 0.134. The largest absolute Gasteiger partial charge is 0.359 e. The van der Waals surface area contributed by atoms with Gasteiger partial charge in [-0.15, -0.1) is 0 Å². The van der Waals surface area contributed by atoms with Crippen LogP contribution in [0.25, 0.3) is 0 Å². The predicted octanol–water partition coefficient (Wildman–Crippen LogP) is 1.20. The van der Waals surface area contributed by atoms with Crippen LogP contribution in [0.1, 0.15) is 38.5 Å². The zero-order chi connectivity index (χ0) is 14.5. The van der Waals surface area contributed by atoms with Crippen molar-refractivity contribution in [3.8, 4) is 0 Å². The van der Waals surface area contributed by atoms with E-state index in [1.165, 1.54) is 19.3 Å². The molecule has 0 bridgehead atoms. The first-order chi connectivity index (χ1) is 9.58. The summed E-state index contributed by atoms with van der Waals surface area (Å²) in [4.78, 5) is 10.2. The molecule has 1 aliphatic heterocycles. The SMILES string of the molecule is O=CNCCCS(=O)(=O)N1CCSC2(CCCCC2)C1. The van der Waals surface area contributed by atoms with Crippen molar-refractivity contribution in [1.29, 1.82) is 0 Å². The maximum Gasteiger partial charge on any atom is 0.214 e. The third-order valence-corrected chi connectivity index (χ3v) is 7.62. The molecule has 0 atom stereocenters. The molecule has 1 saturated heterocycles. The minimum atomic E-state index is -3.18. The van der Waals surface area contributed by atoms with Gasteiger partial charge in [0.25, 0.3) is 0 Å². The highest BCUT2D eigenvalue weighted by atomic mass is 32.2. The molecule has 1 spiro atoms. The average Bonchev–Trinajstić information content (AvgIpc) is 2.45. The first-order valence-electron chi connectivity index (χ1n) is 7.37. The van der Waals surface area contributed by atoms with E-state index in [2.05, 4.69) is 5.32 Å². The Morgan fingerprint density at radius 2 is 2.00 bits per heavy atom. The van der Waals surface area contributed by atoms with Crippen LogP contribution in [0, 0.1) is 0 Å². The lowest BCUT2D eigenvalue weighted by Crippen LogP contribution is -2.50. The molecule has 0 aromatic rings. The highest BCUT2D eigenvalue weighted by Gasteiger charge is 2.40. The molecule has 2 fully saturated rings. The molecule has 1 heterocycles. The normalized spacial score (nSPS) is 23.6. The van der Waals surface area contributed by atoms with Crippen LogP contribution in [0.15, 0.2) is 0 Å². The van der Waals surface area contributed by atoms with Gasteiger partial charge in [-0.05, 0) is 19.3 Å². The quantitative estimate of drug-likeness (QED) is 0.590. The van der Waals surface area contributed by atoms with Crippen molar-refractivity contribution in [2.24, 2.45) is 0 Å². The van der Waals surface area contributed by atoms with E-state index in [9.17, 15) is 13.2 Å². The smallest absolute Gasteiger partial charge is 0.214 e. The second-order valence-electron chi connectivity index (χ2n) is 5.67. The fourth-order valence-electron chi connectivity index (χ4n) is 3.09. The molecule has 1 amide bonds. The number of nitrogens with zero attached hydrogens (tertiary/aromatic N) is 1. The standard InChI is InChI=1S/C13H24N2O3S2/c16-12-14-7-4-10-20(17,18)15-8-9-19-13(11-15)5-2-1-3-6-13/h12H,1-11H2,(H,14,16). The number of hydrogen-bond acceptors (Lipinski definition) is 4. The summed E-state index contributed by atoms with van der Waals surface area (Å²) in [5.41, 5.74) is 0. The topological polar surface area (TPSA) is 66.5 Å². The minimum Gasteiger partial charge on any atom is -0.359 e. The molecule has 0 aromatic carbocycles. The number of carbonyl (C=O) groups excluding carboxylic acids is 1. The van der Waals surface area contributed by atoms with Crippen LogP contribution < -0.4 is 5.32 Å². The summed E-state index contributed by atoms with van der Waals surface area (Å²) in [6.07, 6.45) is 7.13. The number of rotatable bonds is 6. The van der Waals surface area contributed by atoms with Crippen LogP contribution >= 0.6 is 11.8 Å². The first kappa shape index (κ1) is 16.1. The fourth-order valence-corrected chi connectivity index (χ4v) is 6.44. The molecule has 2 rings (SSSR count). The van der Waals surface area contributed by atoms with Gasteiger partial charge in [0.2, 0.25) is 16.4 Å². The molecule has 1 aliphatic carbocycles. The van der Waals surface area contributed by atoms with Crippen molar-refractivity contribution >= 4 is 28.2 Å². The Morgan fingerprint density at radius 1 is 1.25 bits per heavy atom. The van der Waals surface area contributed by atoms with E-state index in [4.69, 9.17) is 0 Å². The lowest BCUT2D eigenvalue weighted by molar-refractivity contribution is -0.109. The molecule has 2 aliphatic rings. The van der Waals surface area contributed by atoms with Crippen molar-refractivity contribution < 1.29 is 13.2 Å². The van der Waals surface area contributed by atoms with E-state index in [-0.39, 0.29) is 10.5 Å². The summed E-state index contributed by atoms with van der Waals surface area (Å²) >= 11 is 1.97. The highest BCUT2D eigenvalue weighted by Crippen LogP contribution is 2.43. The maximum absolute atomic E-state index is 12.4. The second kappa shape index (κ2) is 7.13. The summed E-state index contributed by atoms with van der Waals surface area (Å²) in [7, 11) is -3.18. The van der Waals surface area contributed by atoms with E-state index >= 15 is 0 Å². The maximum atomic E-state index is 12.4. The number of sulfonamides is 1. The molecule has 1 N–H and O–H groups in total. The zero-order valence-electron chi connectivity index (χ0n) is 11.8. The molecule has 116 valence electrons. The Morgan fingerprint density at radius 3 is 2.70 bits per heavy atom. The lowest BCUT2D eigenvalue weighted by atomic mass is 9.88. The van der Waals surface area contributed by atoms with Gasteiger partial charge in [-0.25, -0.2) is 8.42 Å². The van der Waals surface area contributed by atoms with Crippen molar-refractivity contribution in [2.75, 3.05) is 31.1 Å². The molecular weight excluding hydrogens is 296 g/mol. The van der Waals surface area contributed by atoms with Gasteiger partial charge in [0.05, 0.1) is 5.75 Å². The molecule has 0 aromatic heterocycles. The Hall–Kier alpha value is -0.270. The Bertz CT molecular complexity index is 414. The molecule has 1 saturated carbocycles. The fraction of sp³-hybridized carbons (Fsp3) is 0.923. The lowest BCUT2D eigenvalue weighted by Gasteiger charge is -2.44. The van der Waals surface area contributed by atoms with Crippen LogP contribution in [0.4, 0.5) is 0 Å². The first-order valence-corrected chi connectivity index (χ1v) is 9.96. The zero-order valence-corrected chi connectivity index (χ0v) is 13.5. The van der Waals surface area contributed by atoms with Crippen molar-refractivity contribution in [3.63, 3.8) is 0 Å². The van der Waals surface area contributed by atoms with Gasteiger partial charge in [0.15, 0.2) is 0 Å². The molecule has 7 heteroatoms. The van der Waals surface area contributed by atoms with E-state index < -0.39 is 10.0 Å². The third kappa shape index (κ3) is 4.11. The van der Waals surface area contributed by atoms with Crippen LogP contribution in [0.2, 0.25) is 0 Å². The summed E-state index contributed by atoms with van der Waals surface area (Å²) in [5.74, 6) is 1.04. The monoisotopic (exact) mass is 320 g/mol. The van der Waals surface area contributed by atoms with Gasteiger partial charge in [-0.1, -0.05) is 19.3 Å². The van der Waals surface area contributed by atoms with Crippen molar-refractivity contribution in [2.45, 2.75) is 43.3 Å². The average molecular weight is 320 g/mol. The van der Waals surface area contributed by atoms with E-state index in [0.717, 1.165) is 18.6 Å². The summed E-state index contributed by atoms with van der Waals surface area (Å²) in [5, 5.41) is 2.51. The third-order valence-electron chi connectivity index (χ3n) is 4.18. The van der Waals surface area contributed by atoms with Gasteiger partial charge in [-0.2, -0.15) is 16.1 Å². The number of nitrogens with one attached hydrogen (secondary N) is 1. The number of amides is 1. The van der Waals surface area contributed by atoms with Gasteiger partial charge >= 0.3 is 0 Å². The predicted molar refractivity (Wildman–Crippen MR) is 82.3 cm³/mol. The molecule has 0 radical (unpaired) electrons. The summed E-state index contributed by atoms with van der Waals surface area (Å²) < 4.78 is 26.6. The van der Waals surface area contributed by atoms with E-state index in [1.54, 1.807) is 4.31 Å². The highest BCUT2D eigenvalue weighted by molar-refractivity contribution is 8.00. The van der Waals surface area contributed by atoms with Crippen LogP contribution in [-0.4, -0.2) is 55.0 Å². The van der Waals surface area contributed by atoms with Crippen LogP contribution in [0.3, 0.4) is 0 Å². The Labute approximate surface area is 125 Å². The summed E-state index contributed by atoms with van der Waals surface area (Å²) in [6, 6.07) is 0. The number of carbonyl (C=O) groups is 1. The molecule has 5 nitrogen and oxygen atoms in total. The van der Waals surface area contributed by atoms with Crippen LogP contribution in [-0.2, 0) is 14.8 Å². The van der Waals surface area contributed by atoms with Crippen molar-refractivity contribution in [3.05, 3.63) is 0 Å². The van der Waals surface area contributed by atoms with E-state index in [0.29, 0.717) is 32.5 Å². The molecule has 20 heavy (non-hydrogen) atoms. The van der Waals surface area contributed by atoms with Crippen LogP contribution in [0.5, 0.6) is 0 Å². The Kier molecular flexibility index (Phi) is 5.74. The Balaban J connectivity index is 1.91. The second-order valence-corrected chi connectivity index (χ2v) is 9.32. The van der Waals surface area contributed by atoms with Crippen molar-refractivity contribution in [1.82, 2.24) is 9.62 Å². The van der Waals surface area contributed by atoms with E-state index in [1.807, 2.05) is 11.8 Å². The summed E-state index contributed by atoms with van der Waals surface area (Å²) in [6.45, 7) is 1.74. The number of hydrogen-bond donors (Lipinski definition) is 1. The van der Waals surface area contributed by atoms with Gasteiger partial charge < -0.3 is 5.32 Å². The number of thioether (sulfide) groups is 1. The van der Waals surface area contributed by atoms with Gasteiger partial charge in [0.1, 0.15) is 0 Å². The molecule has 0 unspecified atom stereocenters. The van der Waals surface area contributed by atoms with Gasteiger partial charge in [0, 0.05) is 30.1 Å². The molecular formula is C13H24N2O3S2. The van der Waals surface area contributed by atoms with Gasteiger partial charge in [-0.3, -0.25) is 4.79 Å².